The lowest BCUT2D eigenvalue weighted by atomic mass is 10.2. The minimum atomic E-state index is -0.296. The molecule has 1 amide bonds. The maximum absolute atomic E-state index is 13.4. The van der Waals surface area contributed by atoms with Crippen molar-refractivity contribution in [2.45, 2.75) is 30.8 Å². The van der Waals surface area contributed by atoms with Gasteiger partial charge in [0.2, 0.25) is 0 Å². The molecule has 4 aromatic heterocycles. The van der Waals surface area contributed by atoms with E-state index < -0.39 is 0 Å². The first kappa shape index (κ1) is 25.4. The minimum absolute atomic E-state index is 0.119. The Bertz CT molecular complexity index is 1680. The number of thiophene rings is 1. The molecule has 0 saturated heterocycles. The standard InChI is InChI=1S/C28H23N5O3S2/c1-19-6-2-3-8-23(19)33-26(34)22-11-15-37-25(22)31-28(33)38-18-21-9-10-24(36-21)27(35)32(14-5-12-29)17-20-7-4-13-30-16-20/h2-4,6-11,13,15-16H,5,14,17-18H2,1H3. The fourth-order valence-electron chi connectivity index (χ4n) is 4.03. The number of furan rings is 1. The molecule has 0 atom stereocenters. The van der Waals surface area contributed by atoms with Crippen molar-refractivity contribution in [2.75, 3.05) is 6.54 Å². The molecule has 5 aromatic rings. The molecule has 0 bridgehead atoms. The van der Waals surface area contributed by atoms with Crippen LogP contribution in [0.2, 0.25) is 0 Å². The Labute approximate surface area is 227 Å². The van der Waals surface area contributed by atoms with Gasteiger partial charge in [-0.05, 0) is 53.8 Å². The molecule has 0 fully saturated rings. The van der Waals surface area contributed by atoms with Gasteiger partial charge in [-0.25, -0.2) is 4.98 Å². The highest BCUT2D eigenvalue weighted by Gasteiger charge is 2.21. The molecule has 0 aliphatic rings. The number of hydrogen-bond acceptors (Lipinski definition) is 8. The van der Waals surface area contributed by atoms with Gasteiger partial charge in [0.05, 0.1) is 29.3 Å². The Morgan fingerprint density at radius 1 is 1.18 bits per heavy atom. The third-order valence-electron chi connectivity index (χ3n) is 5.92. The smallest absolute Gasteiger partial charge is 0.289 e. The predicted molar refractivity (Wildman–Crippen MR) is 147 cm³/mol. The van der Waals surface area contributed by atoms with Crippen LogP contribution in [0.5, 0.6) is 0 Å². The van der Waals surface area contributed by atoms with E-state index in [0.29, 0.717) is 33.4 Å². The zero-order valence-corrected chi connectivity index (χ0v) is 22.2. The van der Waals surface area contributed by atoms with Gasteiger partial charge >= 0.3 is 0 Å². The molecule has 0 aliphatic heterocycles. The number of carbonyl (C=O) groups excluding carboxylic acids is 1. The van der Waals surface area contributed by atoms with E-state index in [4.69, 9.17) is 14.7 Å². The molecule has 5 rings (SSSR count). The lowest BCUT2D eigenvalue weighted by Gasteiger charge is -2.20. The quantitative estimate of drug-likeness (QED) is 0.177. The SMILES string of the molecule is Cc1ccccc1-n1c(SCc2ccc(C(=O)N(CCC#N)Cc3cccnc3)o2)nc2sccc2c1=O. The summed E-state index contributed by atoms with van der Waals surface area (Å²) in [4.78, 5) is 37.8. The van der Waals surface area contributed by atoms with E-state index in [0.717, 1.165) is 16.8 Å². The first-order valence-corrected chi connectivity index (χ1v) is 13.7. The minimum Gasteiger partial charge on any atom is -0.455 e. The van der Waals surface area contributed by atoms with Gasteiger partial charge in [-0.1, -0.05) is 36.0 Å². The van der Waals surface area contributed by atoms with Crippen molar-refractivity contribution in [1.82, 2.24) is 19.4 Å². The first-order valence-electron chi connectivity index (χ1n) is 11.9. The highest BCUT2D eigenvalue weighted by molar-refractivity contribution is 7.98. The summed E-state index contributed by atoms with van der Waals surface area (Å²) >= 11 is 2.80. The van der Waals surface area contributed by atoms with E-state index in [1.54, 1.807) is 40.1 Å². The number of nitrogens with zero attached hydrogens (tertiary/aromatic N) is 5. The molecule has 0 N–H and O–H groups in total. The van der Waals surface area contributed by atoms with Crippen LogP contribution >= 0.6 is 23.1 Å². The summed E-state index contributed by atoms with van der Waals surface area (Å²) in [6.07, 6.45) is 3.58. The summed E-state index contributed by atoms with van der Waals surface area (Å²) < 4.78 is 7.56. The number of thioether (sulfide) groups is 1. The van der Waals surface area contributed by atoms with Gasteiger partial charge in [-0.15, -0.1) is 11.3 Å². The highest BCUT2D eigenvalue weighted by Crippen LogP contribution is 2.28. The van der Waals surface area contributed by atoms with Crippen molar-refractivity contribution in [1.29, 1.82) is 5.26 Å². The van der Waals surface area contributed by atoms with Crippen LogP contribution < -0.4 is 5.56 Å². The number of pyridine rings is 1. The van der Waals surface area contributed by atoms with Gasteiger partial charge in [0.15, 0.2) is 10.9 Å². The van der Waals surface area contributed by atoms with Crippen molar-refractivity contribution in [2.24, 2.45) is 0 Å². The zero-order valence-electron chi connectivity index (χ0n) is 20.5. The van der Waals surface area contributed by atoms with E-state index in [1.807, 2.05) is 48.7 Å². The number of aryl methyl sites for hydroxylation is 1. The number of benzene rings is 1. The molecule has 1 aromatic carbocycles. The summed E-state index contributed by atoms with van der Waals surface area (Å²) in [5, 5.41) is 12.1. The highest BCUT2D eigenvalue weighted by atomic mass is 32.2. The molecule has 0 spiro atoms. The molecule has 0 unspecified atom stereocenters. The van der Waals surface area contributed by atoms with E-state index in [9.17, 15) is 9.59 Å². The second-order valence-electron chi connectivity index (χ2n) is 8.51. The van der Waals surface area contributed by atoms with Gasteiger partial charge in [-0.2, -0.15) is 5.26 Å². The van der Waals surface area contributed by atoms with Gasteiger partial charge in [-0.3, -0.25) is 19.1 Å². The maximum Gasteiger partial charge on any atom is 0.289 e. The maximum atomic E-state index is 13.4. The van der Waals surface area contributed by atoms with E-state index in [1.165, 1.54) is 23.1 Å². The van der Waals surface area contributed by atoms with Crippen LogP contribution in [0.3, 0.4) is 0 Å². The third-order valence-corrected chi connectivity index (χ3v) is 7.68. The number of fused-ring (bicyclic) bond motifs is 1. The number of nitriles is 1. The molecule has 0 saturated carbocycles. The van der Waals surface area contributed by atoms with E-state index in [-0.39, 0.29) is 30.2 Å². The Morgan fingerprint density at radius 2 is 2.05 bits per heavy atom. The number of amides is 1. The average Bonchev–Trinajstić information content (AvgIpc) is 3.61. The van der Waals surface area contributed by atoms with Crippen LogP contribution in [0.25, 0.3) is 15.9 Å². The molecule has 190 valence electrons. The Morgan fingerprint density at radius 3 is 2.84 bits per heavy atom. The van der Waals surface area contributed by atoms with Crippen LogP contribution in [-0.4, -0.2) is 31.9 Å². The fraction of sp³-hybridized carbons (Fsp3) is 0.179. The molecule has 0 aliphatic carbocycles. The Hall–Kier alpha value is -4.20. The number of para-hydroxylation sites is 1. The first-order chi connectivity index (χ1) is 18.5. The van der Waals surface area contributed by atoms with Crippen molar-refractivity contribution < 1.29 is 9.21 Å². The summed E-state index contributed by atoms with van der Waals surface area (Å²) in [6.45, 7) is 2.57. The summed E-state index contributed by atoms with van der Waals surface area (Å²) in [7, 11) is 0. The second-order valence-corrected chi connectivity index (χ2v) is 10.3. The topological polar surface area (TPSA) is 105 Å². The van der Waals surface area contributed by atoms with Gasteiger partial charge in [0.25, 0.3) is 11.5 Å². The largest absolute Gasteiger partial charge is 0.455 e. The lowest BCUT2D eigenvalue weighted by Crippen LogP contribution is -2.31. The predicted octanol–water partition coefficient (Wildman–Crippen LogP) is 5.59. The number of rotatable bonds is 9. The molecular weight excluding hydrogens is 518 g/mol. The average molecular weight is 542 g/mol. The van der Waals surface area contributed by atoms with Gasteiger partial charge in [0.1, 0.15) is 10.6 Å². The molecule has 0 radical (unpaired) electrons. The van der Waals surface area contributed by atoms with E-state index in [2.05, 4.69) is 11.1 Å². The molecule has 10 heteroatoms. The van der Waals surface area contributed by atoms with Crippen LogP contribution in [0.1, 0.15) is 33.9 Å². The Kier molecular flexibility index (Phi) is 7.67. The summed E-state index contributed by atoms with van der Waals surface area (Å²) in [6, 6.07) is 18.7. The zero-order chi connectivity index (χ0) is 26.5. The summed E-state index contributed by atoms with van der Waals surface area (Å²) in [5.74, 6) is 0.857. The van der Waals surface area contributed by atoms with E-state index >= 15 is 0 Å². The summed E-state index contributed by atoms with van der Waals surface area (Å²) in [5.41, 5.74) is 2.49. The monoisotopic (exact) mass is 541 g/mol. The second kappa shape index (κ2) is 11.5. The van der Waals surface area contributed by atoms with Crippen LogP contribution in [0.4, 0.5) is 0 Å². The Balaban J connectivity index is 1.39. The molecule has 38 heavy (non-hydrogen) atoms. The van der Waals surface area contributed by atoms with Gasteiger partial charge in [0, 0.05) is 25.5 Å². The van der Waals surface area contributed by atoms with Crippen molar-refractivity contribution >= 4 is 39.2 Å². The number of hydrogen-bond donors (Lipinski definition) is 0. The van der Waals surface area contributed by atoms with Crippen molar-refractivity contribution in [3.05, 3.63) is 105 Å². The van der Waals surface area contributed by atoms with Crippen molar-refractivity contribution in [3.8, 4) is 11.8 Å². The normalized spacial score (nSPS) is 10.9. The molecule has 8 nitrogen and oxygen atoms in total. The molecular formula is C28H23N5O3S2. The lowest BCUT2D eigenvalue weighted by molar-refractivity contribution is 0.0713. The fourth-order valence-corrected chi connectivity index (χ4v) is 5.73. The van der Waals surface area contributed by atoms with Crippen LogP contribution in [-0.2, 0) is 12.3 Å². The van der Waals surface area contributed by atoms with Gasteiger partial charge < -0.3 is 9.32 Å². The van der Waals surface area contributed by atoms with Crippen LogP contribution in [0.15, 0.2) is 86.7 Å². The molecule has 4 heterocycles. The number of carbonyl (C=O) groups is 1. The van der Waals surface area contributed by atoms with Crippen molar-refractivity contribution in [3.63, 3.8) is 0 Å². The van der Waals surface area contributed by atoms with Crippen LogP contribution in [0, 0.1) is 18.3 Å². The third kappa shape index (κ3) is 5.39. The number of aromatic nitrogens is 3.